The Bertz CT molecular complexity index is 1050. The summed E-state index contributed by atoms with van der Waals surface area (Å²) in [5.41, 5.74) is 5.11. The molecule has 30 heavy (non-hydrogen) atoms. The van der Waals surface area contributed by atoms with Crippen LogP contribution in [0.1, 0.15) is 29.9 Å². The summed E-state index contributed by atoms with van der Waals surface area (Å²) in [6, 6.07) is 15.4. The highest BCUT2D eigenvalue weighted by atomic mass is 79.9. The maximum atomic E-state index is 13.9. The van der Waals surface area contributed by atoms with E-state index in [0.717, 1.165) is 42.0 Å². The van der Waals surface area contributed by atoms with E-state index in [2.05, 4.69) is 33.0 Å². The lowest BCUT2D eigenvalue weighted by Gasteiger charge is -2.40. The van der Waals surface area contributed by atoms with Gasteiger partial charge in [0.15, 0.2) is 5.78 Å². The average molecular weight is 485 g/mol. The highest BCUT2D eigenvalue weighted by molar-refractivity contribution is 9.10. The SMILES string of the molecule is O=C1CN(Cc2ccccc2)CC2=C1C(c1ccc(F)c(Br)c1)C1SCCCC1=N2. The molecule has 3 nitrogen and oxygen atoms in total. The van der Waals surface area contributed by atoms with E-state index in [1.807, 2.05) is 42.1 Å². The number of hydrogen-bond acceptors (Lipinski definition) is 4. The first-order valence-electron chi connectivity index (χ1n) is 10.3. The molecule has 0 radical (unpaired) electrons. The molecule has 0 spiro atoms. The lowest BCUT2D eigenvalue weighted by molar-refractivity contribution is -0.117. The van der Waals surface area contributed by atoms with E-state index in [0.29, 0.717) is 17.6 Å². The normalized spacial score (nSPS) is 24.3. The number of carbonyl (C=O) groups excluding carboxylic acids is 1. The van der Waals surface area contributed by atoms with Crippen LogP contribution < -0.4 is 0 Å². The zero-order valence-electron chi connectivity index (χ0n) is 16.5. The zero-order valence-corrected chi connectivity index (χ0v) is 18.9. The van der Waals surface area contributed by atoms with Crippen LogP contribution in [0.15, 0.2) is 69.3 Å². The average Bonchev–Trinajstić information content (AvgIpc) is 2.75. The molecular formula is C24H22BrFN2OS. The van der Waals surface area contributed by atoms with Crippen molar-refractivity contribution >= 4 is 39.2 Å². The molecule has 0 aliphatic carbocycles. The smallest absolute Gasteiger partial charge is 0.175 e. The van der Waals surface area contributed by atoms with E-state index in [1.165, 1.54) is 17.3 Å². The second kappa shape index (κ2) is 8.40. The van der Waals surface area contributed by atoms with Crippen molar-refractivity contribution in [1.29, 1.82) is 0 Å². The van der Waals surface area contributed by atoms with Crippen molar-refractivity contribution in [3.05, 3.63) is 81.2 Å². The molecule has 0 aromatic heterocycles. The molecule has 5 rings (SSSR count). The van der Waals surface area contributed by atoms with E-state index in [4.69, 9.17) is 4.99 Å². The summed E-state index contributed by atoms with van der Waals surface area (Å²) in [6.45, 7) is 1.81. The first kappa shape index (κ1) is 20.2. The summed E-state index contributed by atoms with van der Waals surface area (Å²) in [7, 11) is 0. The van der Waals surface area contributed by atoms with Gasteiger partial charge in [-0.2, -0.15) is 11.8 Å². The fourth-order valence-corrected chi connectivity index (χ4v) is 6.50. The van der Waals surface area contributed by atoms with Gasteiger partial charge in [-0.3, -0.25) is 14.7 Å². The number of halogens is 2. The summed E-state index contributed by atoms with van der Waals surface area (Å²) < 4.78 is 14.4. The predicted molar refractivity (Wildman–Crippen MR) is 124 cm³/mol. The van der Waals surface area contributed by atoms with Crippen molar-refractivity contribution in [3.63, 3.8) is 0 Å². The van der Waals surface area contributed by atoms with Gasteiger partial charge in [-0.25, -0.2) is 4.39 Å². The second-order valence-electron chi connectivity index (χ2n) is 8.06. The topological polar surface area (TPSA) is 32.7 Å². The quantitative estimate of drug-likeness (QED) is 0.587. The van der Waals surface area contributed by atoms with Crippen LogP contribution in [-0.2, 0) is 11.3 Å². The molecule has 3 heterocycles. The number of benzene rings is 2. The Morgan fingerprint density at radius 3 is 2.80 bits per heavy atom. The van der Waals surface area contributed by atoms with Gasteiger partial charge < -0.3 is 0 Å². The number of carbonyl (C=O) groups is 1. The lowest BCUT2D eigenvalue weighted by atomic mass is 9.79. The summed E-state index contributed by atoms with van der Waals surface area (Å²) in [4.78, 5) is 20.6. The maximum absolute atomic E-state index is 13.9. The van der Waals surface area contributed by atoms with Crippen LogP contribution in [0.25, 0.3) is 0 Å². The van der Waals surface area contributed by atoms with Crippen molar-refractivity contribution in [2.45, 2.75) is 30.6 Å². The molecule has 2 aromatic carbocycles. The van der Waals surface area contributed by atoms with Gasteiger partial charge in [0.2, 0.25) is 0 Å². The number of thioether (sulfide) groups is 1. The molecule has 2 unspecified atom stereocenters. The van der Waals surface area contributed by atoms with Gasteiger partial charge in [-0.1, -0.05) is 36.4 Å². The molecule has 154 valence electrons. The summed E-state index contributed by atoms with van der Waals surface area (Å²) in [5, 5.41) is 0.166. The fraction of sp³-hybridized carbons (Fsp3) is 0.333. The number of rotatable bonds is 3. The van der Waals surface area contributed by atoms with E-state index >= 15 is 0 Å². The molecule has 2 aromatic rings. The Hall–Kier alpha value is -1.76. The standard InChI is InChI=1S/C24H22BrFN2OS/c25-17-11-16(8-9-18(17)26)22-23-20(27-19-7-4-10-30-24(19)22)13-28(14-21(23)29)12-15-5-2-1-3-6-15/h1-3,5-6,8-9,11,22,24H,4,7,10,12-14H2. The third-order valence-corrected chi connectivity index (χ3v) is 8.03. The van der Waals surface area contributed by atoms with E-state index < -0.39 is 0 Å². The molecule has 1 fully saturated rings. The summed E-state index contributed by atoms with van der Waals surface area (Å²) in [6.07, 6.45) is 2.09. The number of ketones is 1. The fourth-order valence-electron chi connectivity index (χ4n) is 4.69. The van der Waals surface area contributed by atoms with Crippen LogP contribution in [-0.4, -0.2) is 40.5 Å². The minimum Gasteiger partial charge on any atom is -0.293 e. The summed E-state index contributed by atoms with van der Waals surface area (Å²) in [5.74, 6) is 0.880. The van der Waals surface area contributed by atoms with Crippen LogP contribution in [0, 0.1) is 5.82 Å². The number of hydrogen-bond donors (Lipinski definition) is 0. The van der Waals surface area contributed by atoms with Gasteiger partial charge >= 0.3 is 0 Å². The van der Waals surface area contributed by atoms with Crippen molar-refractivity contribution in [2.24, 2.45) is 4.99 Å². The predicted octanol–water partition coefficient (Wildman–Crippen LogP) is 5.36. The molecule has 0 N–H and O–H groups in total. The van der Waals surface area contributed by atoms with Crippen LogP contribution in [0.5, 0.6) is 0 Å². The summed E-state index contributed by atoms with van der Waals surface area (Å²) >= 11 is 5.21. The largest absolute Gasteiger partial charge is 0.293 e. The van der Waals surface area contributed by atoms with Gasteiger partial charge in [0, 0.05) is 30.3 Å². The molecular weight excluding hydrogens is 463 g/mol. The van der Waals surface area contributed by atoms with Crippen molar-refractivity contribution in [2.75, 3.05) is 18.8 Å². The third kappa shape index (κ3) is 3.81. The van der Waals surface area contributed by atoms with Crippen LogP contribution >= 0.6 is 27.7 Å². The molecule has 3 aliphatic heterocycles. The second-order valence-corrected chi connectivity index (χ2v) is 10.2. The van der Waals surface area contributed by atoms with Gasteiger partial charge in [0.1, 0.15) is 5.82 Å². The number of fused-ring (bicyclic) bond motifs is 1. The van der Waals surface area contributed by atoms with Gasteiger partial charge in [-0.15, -0.1) is 0 Å². The van der Waals surface area contributed by atoms with Crippen LogP contribution in [0.3, 0.4) is 0 Å². The molecule has 1 saturated heterocycles. The molecule has 2 atom stereocenters. The number of nitrogens with zero attached hydrogens (tertiary/aromatic N) is 2. The minimum atomic E-state index is -0.280. The van der Waals surface area contributed by atoms with Crippen molar-refractivity contribution in [3.8, 4) is 0 Å². The zero-order chi connectivity index (χ0) is 20.7. The van der Waals surface area contributed by atoms with E-state index in [1.54, 1.807) is 0 Å². The Morgan fingerprint density at radius 1 is 1.17 bits per heavy atom. The number of Topliss-reactive ketones (excluding diaryl/α,β-unsaturated/α-hetero) is 1. The third-order valence-electron chi connectivity index (χ3n) is 6.00. The molecule has 3 aliphatic rings. The van der Waals surface area contributed by atoms with Gasteiger partial charge in [-0.05, 0) is 57.8 Å². The van der Waals surface area contributed by atoms with E-state index in [9.17, 15) is 9.18 Å². The van der Waals surface area contributed by atoms with E-state index in [-0.39, 0.29) is 22.8 Å². The monoisotopic (exact) mass is 484 g/mol. The van der Waals surface area contributed by atoms with Gasteiger partial charge in [0.25, 0.3) is 0 Å². The van der Waals surface area contributed by atoms with Crippen molar-refractivity contribution in [1.82, 2.24) is 4.90 Å². The lowest BCUT2D eigenvalue weighted by Crippen LogP contribution is -2.44. The Labute approximate surface area is 188 Å². The Morgan fingerprint density at radius 2 is 2.00 bits per heavy atom. The molecule has 0 saturated carbocycles. The van der Waals surface area contributed by atoms with Gasteiger partial charge in [0.05, 0.1) is 22.0 Å². The highest BCUT2D eigenvalue weighted by Gasteiger charge is 2.42. The minimum absolute atomic E-state index is 0.0546. The maximum Gasteiger partial charge on any atom is 0.175 e. The van der Waals surface area contributed by atoms with Crippen LogP contribution in [0.4, 0.5) is 4.39 Å². The first-order chi connectivity index (χ1) is 14.6. The Balaban J connectivity index is 1.53. The van der Waals surface area contributed by atoms with Crippen LogP contribution in [0.2, 0.25) is 0 Å². The molecule has 6 heteroatoms. The molecule has 0 amide bonds. The van der Waals surface area contributed by atoms with Crippen molar-refractivity contribution < 1.29 is 9.18 Å². The highest BCUT2D eigenvalue weighted by Crippen LogP contribution is 2.45. The Kier molecular flexibility index (Phi) is 5.65. The molecule has 0 bridgehead atoms. The first-order valence-corrected chi connectivity index (χ1v) is 12.1. The number of aliphatic imine (C=N–C) groups is 1.